The molecule has 1 rings (SSSR count). The van der Waals surface area contributed by atoms with E-state index in [0.29, 0.717) is 19.2 Å². The maximum absolute atomic E-state index is 5.94. The summed E-state index contributed by atoms with van der Waals surface area (Å²) in [5, 5.41) is 0. The third-order valence-electron chi connectivity index (χ3n) is 2.74. The Morgan fingerprint density at radius 3 is 2.69 bits per heavy atom. The molecular weight excluding hydrogens is 244 g/mol. The van der Waals surface area contributed by atoms with E-state index in [1.165, 1.54) is 4.88 Å². The quantitative estimate of drug-likeness (QED) is 0.856. The maximum atomic E-state index is 5.94. The summed E-state index contributed by atoms with van der Waals surface area (Å²) < 4.78 is 5.96. The monoisotopic (exact) mass is 262 g/mol. The molecule has 0 aliphatic rings. The molecule has 1 aromatic rings. The van der Waals surface area contributed by atoms with Crippen LogP contribution in [0.1, 0.15) is 17.8 Å². The number of ether oxygens (including phenoxy) is 1. The Morgan fingerprint density at radius 1 is 1.56 bits per heavy atom. The molecule has 0 amide bonds. The zero-order chi connectivity index (χ0) is 12.1. The van der Waals surface area contributed by atoms with Crippen LogP contribution in [0.2, 0.25) is 4.34 Å². The second-order valence-corrected chi connectivity index (χ2v) is 5.61. The SMILES string of the molecule is COCC(C)N(C)C(CN)c1ccc(Cl)s1. The van der Waals surface area contributed by atoms with Crippen LogP contribution in [0.25, 0.3) is 0 Å². The normalized spacial score (nSPS) is 15.4. The molecule has 0 saturated carbocycles. The van der Waals surface area contributed by atoms with Crippen molar-refractivity contribution in [3.8, 4) is 0 Å². The van der Waals surface area contributed by atoms with E-state index in [1.807, 2.05) is 12.1 Å². The molecule has 2 atom stereocenters. The van der Waals surface area contributed by atoms with Crippen molar-refractivity contribution in [2.45, 2.75) is 19.0 Å². The number of nitrogens with zero attached hydrogens (tertiary/aromatic N) is 1. The Morgan fingerprint density at radius 2 is 2.25 bits per heavy atom. The number of hydrogen-bond acceptors (Lipinski definition) is 4. The van der Waals surface area contributed by atoms with E-state index in [-0.39, 0.29) is 6.04 Å². The third kappa shape index (κ3) is 3.43. The van der Waals surface area contributed by atoms with Crippen molar-refractivity contribution < 1.29 is 4.74 Å². The molecule has 0 fully saturated rings. The van der Waals surface area contributed by atoms with Crippen LogP contribution in [0.15, 0.2) is 12.1 Å². The summed E-state index contributed by atoms with van der Waals surface area (Å²) in [5.74, 6) is 0. The molecule has 2 unspecified atom stereocenters. The first-order valence-electron chi connectivity index (χ1n) is 5.26. The predicted molar refractivity (Wildman–Crippen MR) is 70.2 cm³/mol. The third-order valence-corrected chi connectivity index (χ3v) is 4.07. The van der Waals surface area contributed by atoms with Crippen LogP contribution in [-0.2, 0) is 4.74 Å². The van der Waals surface area contributed by atoms with Crippen LogP contribution in [0.4, 0.5) is 0 Å². The van der Waals surface area contributed by atoms with Gasteiger partial charge in [0.15, 0.2) is 0 Å². The first kappa shape index (κ1) is 13.9. The van der Waals surface area contributed by atoms with Gasteiger partial charge < -0.3 is 10.5 Å². The number of rotatable bonds is 6. The van der Waals surface area contributed by atoms with Gasteiger partial charge in [-0.25, -0.2) is 0 Å². The number of methoxy groups -OCH3 is 1. The number of halogens is 1. The van der Waals surface area contributed by atoms with Crippen LogP contribution < -0.4 is 5.73 Å². The summed E-state index contributed by atoms with van der Waals surface area (Å²) in [6.45, 7) is 3.41. The highest BCUT2D eigenvalue weighted by Gasteiger charge is 2.21. The minimum atomic E-state index is 0.211. The van der Waals surface area contributed by atoms with Crippen molar-refractivity contribution in [3.63, 3.8) is 0 Å². The molecule has 92 valence electrons. The van der Waals surface area contributed by atoms with E-state index in [0.717, 1.165) is 4.34 Å². The molecule has 0 aliphatic carbocycles. The first-order valence-corrected chi connectivity index (χ1v) is 6.45. The molecule has 0 saturated heterocycles. The van der Waals surface area contributed by atoms with Gasteiger partial charge in [0.1, 0.15) is 0 Å². The average Bonchev–Trinajstić information content (AvgIpc) is 2.66. The highest BCUT2D eigenvalue weighted by atomic mass is 35.5. The number of hydrogen-bond donors (Lipinski definition) is 1. The standard InChI is InChI=1S/C11H19ClN2OS/c1-8(7-15-3)14(2)9(6-13)10-4-5-11(12)16-10/h4-5,8-9H,6-7,13H2,1-3H3. The van der Waals surface area contributed by atoms with Crippen LogP contribution in [0.5, 0.6) is 0 Å². The van der Waals surface area contributed by atoms with Crippen LogP contribution >= 0.6 is 22.9 Å². The minimum absolute atomic E-state index is 0.211. The fraction of sp³-hybridized carbons (Fsp3) is 0.636. The Bertz CT molecular complexity index is 319. The van der Waals surface area contributed by atoms with E-state index in [9.17, 15) is 0 Å². The molecule has 1 aromatic heterocycles. The van der Waals surface area contributed by atoms with Crippen molar-refractivity contribution in [3.05, 3.63) is 21.3 Å². The lowest BCUT2D eigenvalue weighted by atomic mass is 10.1. The summed E-state index contributed by atoms with van der Waals surface area (Å²) in [4.78, 5) is 3.43. The predicted octanol–water partition coefficient (Wildman–Crippen LogP) is 2.37. The Kier molecular flexibility index (Phi) is 5.72. The first-order chi connectivity index (χ1) is 7.60. The zero-order valence-electron chi connectivity index (χ0n) is 9.94. The van der Waals surface area contributed by atoms with Crippen LogP contribution in [-0.4, -0.2) is 38.3 Å². The van der Waals surface area contributed by atoms with E-state index < -0.39 is 0 Å². The molecule has 5 heteroatoms. The number of thiophene rings is 1. The maximum Gasteiger partial charge on any atom is 0.0931 e. The van der Waals surface area contributed by atoms with Gasteiger partial charge in [-0.15, -0.1) is 11.3 Å². The Labute approximate surface area is 106 Å². The summed E-state index contributed by atoms with van der Waals surface area (Å²) in [6, 6.07) is 4.50. The molecule has 0 radical (unpaired) electrons. The molecule has 0 aliphatic heterocycles. The van der Waals surface area contributed by atoms with Gasteiger partial charge in [-0.05, 0) is 26.1 Å². The van der Waals surface area contributed by atoms with Gasteiger partial charge in [-0.3, -0.25) is 4.90 Å². The average molecular weight is 263 g/mol. The fourth-order valence-electron chi connectivity index (χ4n) is 1.66. The topological polar surface area (TPSA) is 38.5 Å². The molecule has 2 N–H and O–H groups in total. The van der Waals surface area contributed by atoms with Gasteiger partial charge >= 0.3 is 0 Å². The lowest BCUT2D eigenvalue weighted by molar-refractivity contribution is 0.0920. The smallest absolute Gasteiger partial charge is 0.0931 e. The van der Waals surface area contributed by atoms with Crippen molar-refractivity contribution in [2.24, 2.45) is 5.73 Å². The van der Waals surface area contributed by atoms with Gasteiger partial charge in [0.05, 0.1) is 17.0 Å². The Hall–Kier alpha value is -0.130. The number of nitrogens with two attached hydrogens (primary N) is 1. The summed E-state index contributed by atoms with van der Waals surface area (Å²) in [6.07, 6.45) is 0. The lowest BCUT2D eigenvalue weighted by Crippen LogP contribution is -2.38. The molecule has 0 aromatic carbocycles. The van der Waals surface area contributed by atoms with Crippen LogP contribution in [0.3, 0.4) is 0 Å². The van der Waals surface area contributed by atoms with E-state index in [2.05, 4.69) is 18.9 Å². The number of likely N-dealkylation sites (N-methyl/N-ethyl adjacent to an activating group) is 1. The van der Waals surface area contributed by atoms with Crippen molar-refractivity contribution >= 4 is 22.9 Å². The van der Waals surface area contributed by atoms with E-state index >= 15 is 0 Å². The Balaban J connectivity index is 2.73. The molecule has 0 spiro atoms. The van der Waals surface area contributed by atoms with E-state index in [1.54, 1.807) is 18.4 Å². The van der Waals surface area contributed by atoms with Gasteiger partial charge in [0.25, 0.3) is 0 Å². The summed E-state index contributed by atoms with van der Waals surface area (Å²) in [5.41, 5.74) is 5.83. The highest BCUT2D eigenvalue weighted by Crippen LogP contribution is 2.30. The summed E-state index contributed by atoms with van der Waals surface area (Å²) >= 11 is 7.53. The van der Waals surface area contributed by atoms with Gasteiger partial charge in [-0.1, -0.05) is 11.6 Å². The van der Waals surface area contributed by atoms with Crippen molar-refractivity contribution in [1.82, 2.24) is 4.90 Å². The van der Waals surface area contributed by atoms with E-state index in [4.69, 9.17) is 22.1 Å². The molecule has 3 nitrogen and oxygen atoms in total. The zero-order valence-corrected chi connectivity index (χ0v) is 11.5. The van der Waals surface area contributed by atoms with Gasteiger partial charge in [0, 0.05) is 24.6 Å². The second-order valence-electron chi connectivity index (χ2n) is 3.86. The minimum Gasteiger partial charge on any atom is -0.383 e. The van der Waals surface area contributed by atoms with Crippen molar-refractivity contribution in [1.29, 1.82) is 0 Å². The molecule has 0 bridgehead atoms. The fourth-order valence-corrected chi connectivity index (χ4v) is 2.88. The second kappa shape index (κ2) is 6.57. The van der Waals surface area contributed by atoms with Crippen LogP contribution in [0, 0.1) is 0 Å². The van der Waals surface area contributed by atoms with Gasteiger partial charge in [0.2, 0.25) is 0 Å². The molecular formula is C11H19ClN2OS. The van der Waals surface area contributed by atoms with Crippen molar-refractivity contribution in [2.75, 3.05) is 27.3 Å². The lowest BCUT2D eigenvalue weighted by Gasteiger charge is -2.31. The summed E-state index contributed by atoms with van der Waals surface area (Å²) in [7, 11) is 3.78. The molecule has 16 heavy (non-hydrogen) atoms. The largest absolute Gasteiger partial charge is 0.383 e. The highest BCUT2D eigenvalue weighted by molar-refractivity contribution is 7.16. The van der Waals surface area contributed by atoms with Gasteiger partial charge in [-0.2, -0.15) is 0 Å². The molecule has 1 heterocycles.